The highest BCUT2D eigenvalue weighted by Crippen LogP contribution is 2.03. The molecule has 4 nitrogen and oxygen atoms in total. The molecule has 0 amide bonds. The average molecular weight is 174 g/mol. The van der Waals surface area contributed by atoms with Gasteiger partial charge >= 0.3 is 0 Å². The lowest BCUT2D eigenvalue weighted by molar-refractivity contribution is 0.0423. The van der Waals surface area contributed by atoms with Crippen molar-refractivity contribution in [3.05, 3.63) is 0 Å². The fourth-order valence-electron chi connectivity index (χ4n) is 1.48. The van der Waals surface area contributed by atoms with Gasteiger partial charge in [-0.1, -0.05) is 0 Å². The summed E-state index contributed by atoms with van der Waals surface area (Å²) in [5.41, 5.74) is 0. The number of hydrogen-bond donors (Lipinski definition) is 2. The maximum atomic E-state index is 8.93. The average Bonchev–Trinajstić information content (AvgIpc) is 2.10. The lowest BCUT2D eigenvalue weighted by Crippen LogP contribution is -2.51. The van der Waals surface area contributed by atoms with Crippen LogP contribution >= 0.6 is 0 Å². The van der Waals surface area contributed by atoms with Crippen molar-refractivity contribution < 1.29 is 10.2 Å². The van der Waals surface area contributed by atoms with Gasteiger partial charge in [0, 0.05) is 26.2 Å². The van der Waals surface area contributed by atoms with Crippen LogP contribution in [0.3, 0.4) is 0 Å². The van der Waals surface area contributed by atoms with Crippen molar-refractivity contribution in [1.29, 1.82) is 0 Å². The summed E-state index contributed by atoms with van der Waals surface area (Å²) in [5, 5.41) is 17.9. The third kappa shape index (κ3) is 2.42. The summed E-state index contributed by atoms with van der Waals surface area (Å²) in [6, 6.07) is -0.0568. The first kappa shape index (κ1) is 9.92. The Morgan fingerprint density at radius 1 is 1.08 bits per heavy atom. The minimum Gasteiger partial charge on any atom is -0.395 e. The molecule has 0 aromatic carbocycles. The van der Waals surface area contributed by atoms with E-state index in [1.54, 1.807) is 0 Å². The highest BCUT2D eigenvalue weighted by atomic mass is 16.3. The number of hydrogen-bond acceptors (Lipinski definition) is 4. The van der Waals surface area contributed by atoms with Crippen LogP contribution in [-0.2, 0) is 0 Å². The van der Waals surface area contributed by atoms with Gasteiger partial charge in [-0.25, -0.2) is 0 Å². The number of rotatable bonds is 3. The molecule has 0 saturated carbocycles. The fourth-order valence-corrected chi connectivity index (χ4v) is 1.48. The van der Waals surface area contributed by atoms with Crippen LogP contribution in [0.4, 0.5) is 0 Å². The minimum absolute atomic E-state index is 0.0558. The summed E-state index contributed by atoms with van der Waals surface area (Å²) in [6.07, 6.45) is 0. The zero-order chi connectivity index (χ0) is 8.97. The van der Waals surface area contributed by atoms with Gasteiger partial charge < -0.3 is 15.1 Å². The largest absolute Gasteiger partial charge is 0.395 e. The molecule has 0 radical (unpaired) electrons. The van der Waals surface area contributed by atoms with Crippen LogP contribution in [0.25, 0.3) is 0 Å². The molecule has 0 spiro atoms. The zero-order valence-corrected chi connectivity index (χ0v) is 7.61. The van der Waals surface area contributed by atoms with Gasteiger partial charge in [-0.15, -0.1) is 0 Å². The molecule has 1 aliphatic rings. The van der Waals surface area contributed by atoms with Crippen molar-refractivity contribution in [1.82, 2.24) is 9.80 Å². The van der Waals surface area contributed by atoms with E-state index < -0.39 is 0 Å². The Balaban J connectivity index is 2.32. The van der Waals surface area contributed by atoms with Crippen molar-refractivity contribution in [3.8, 4) is 0 Å². The summed E-state index contributed by atoms with van der Waals surface area (Å²) in [6.45, 7) is 4.05. The van der Waals surface area contributed by atoms with E-state index in [1.165, 1.54) is 0 Å². The van der Waals surface area contributed by atoms with E-state index in [9.17, 15) is 0 Å². The molecule has 72 valence electrons. The minimum atomic E-state index is -0.0568. The molecule has 0 unspecified atom stereocenters. The maximum Gasteiger partial charge on any atom is 0.0609 e. The van der Waals surface area contributed by atoms with Gasteiger partial charge in [-0.05, 0) is 7.05 Å². The van der Waals surface area contributed by atoms with Gasteiger partial charge in [-0.2, -0.15) is 0 Å². The van der Waals surface area contributed by atoms with Crippen LogP contribution in [0.2, 0.25) is 0 Å². The molecule has 0 aromatic rings. The van der Waals surface area contributed by atoms with E-state index in [4.69, 9.17) is 10.2 Å². The quantitative estimate of drug-likeness (QED) is 0.552. The van der Waals surface area contributed by atoms with Crippen LogP contribution in [-0.4, -0.2) is 72.5 Å². The van der Waals surface area contributed by atoms with E-state index in [2.05, 4.69) is 16.8 Å². The Morgan fingerprint density at radius 2 is 1.58 bits per heavy atom. The summed E-state index contributed by atoms with van der Waals surface area (Å²) in [5.74, 6) is 0. The van der Waals surface area contributed by atoms with Crippen molar-refractivity contribution in [3.63, 3.8) is 0 Å². The topological polar surface area (TPSA) is 46.9 Å². The van der Waals surface area contributed by atoms with Gasteiger partial charge in [-0.3, -0.25) is 4.90 Å². The Hall–Kier alpha value is -0.160. The first-order valence-electron chi connectivity index (χ1n) is 4.42. The zero-order valence-electron chi connectivity index (χ0n) is 7.61. The van der Waals surface area contributed by atoms with Gasteiger partial charge in [0.2, 0.25) is 0 Å². The lowest BCUT2D eigenvalue weighted by atomic mass is 10.2. The second kappa shape index (κ2) is 4.77. The molecule has 1 saturated heterocycles. The smallest absolute Gasteiger partial charge is 0.0609 e. The van der Waals surface area contributed by atoms with E-state index >= 15 is 0 Å². The predicted octanol–water partition coefficient (Wildman–Crippen LogP) is -1.41. The molecule has 1 heterocycles. The number of likely N-dealkylation sites (N-methyl/N-ethyl adjacent to an activating group) is 1. The Morgan fingerprint density at radius 3 is 2.00 bits per heavy atom. The SMILES string of the molecule is CN1CCN(C(CO)CO)CC1. The summed E-state index contributed by atoms with van der Waals surface area (Å²) in [4.78, 5) is 4.39. The summed E-state index contributed by atoms with van der Waals surface area (Å²) >= 11 is 0. The molecule has 4 heteroatoms. The first-order valence-corrected chi connectivity index (χ1v) is 4.42. The molecule has 0 atom stereocenters. The summed E-state index contributed by atoms with van der Waals surface area (Å²) < 4.78 is 0. The van der Waals surface area contributed by atoms with E-state index in [0.29, 0.717) is 0 Å². The van der Waals surface area contributed by atoms with Crippen LogP contribution in [0.5, 0.6) is 0 Å². The van der Waals surface area contributed by atoms with E-state index in [0.717, 1.165) is 26.2 Å². The number of aliphatic hydroxyl groups is 2. The second-order valence-electron chi connectivity index (χ2n) is 3.36. The van der Waals surface area contributed by atoms with Crippen LogP contribution < -0.4 is 0 Å². The van der Waals surface area contributed by atoms with Crippen LogP contribution in [0, 0.1) is 0 Å². The molecule has 0 bridgehead atoms. The number of aliphatic hydroxyl groups excluding tert-OH is 2. The van der Waals surface area contributed by atoms with E-state index in [-0.39, 0.29) is 19.3 Å². The Kier molecular flexibility index (Phi) is 3.94. The van der Waals surface area contributed by atoms with Gasteiger partial charge in [0.05, 0.1) is 19.3 Å². The molecule has 0 aliphatic carbocycles. The molecular weight excluding hydrogens is 156 g/mol. The standard InChI is InChI=1S/C8H18N2O2/c1-9-2-4-10(5-3-9)8(6-11)7-12/h8,11-12H,2-7H2,1H3. The lowest BCUT2D eigenvalue weighted by Gasteiger charge is -2.36. The van der Waals surface area contributed by atoms with Crippen LogP contribution in [0.15, 0.2) is 0 Å². The third-order valence-corrected chi connectivity index (χ3v) is 2.48. The molecule has 1 fully saturated rings. The molecule has 1 rings (SSSR count). The fraction of sp³-hybridized carbons (Fsp3) is 1.00. The Labute approximate surface area is 73.4 Å². The second-order valence-corrected chi connectivity index (χ2v) is 3.36. The van der Waals surface area contributed by atoms with Crippen molar-refractivity contribution in [2.75, 3.05) is 46.4 Å². The van der Waals surface area contributed by atoms with Crippen molar-refractivity contribution in [2.45, 2.75) is 6.04 Å². The normalized spacial score (nSPS) is 22.0. The van der Waals surface area contributed by atoms with Crippen LogP contribution in [0.1, 0.15) is 0 Å². The van der Waals surface area contributed by atoms with Gasteiger partial charge in [0.25, 0.3) is 0 Å². The Bertz CT molecular complexity index is 120. The molecule has 2 N–H and O–H groups in total. The highest BCUT2D eigenvalue weighted by Gasteiger charge is 2.20. The molecule has 12 heavy (non-hydrogen) atoms. The summed E-state index contributed by atoms with van der Waals surface area (Å²) in [7, 11) is 2.09. The molecular formula is C8H18N2O2. The van der Waals surface area contributed by atoms with Gasteiger partial charge in [0.1, 0.15) is 0 Å². The van der Waals surface area contributed by atoms with Gasteiger partial charge in [0.15, 0.2) is 0 Å². The highest BCUT2D eigenvalue weighted by molar-refractivity contribution is 4.76. The predicted molar refractivity (Wildman–Crippen MR) is 47.0 cm³/mol. The first-order chi connectivity index (χ1) is 5.77. The van der Waals surface area contributed by atoms with Crippen molar-refractivity contribution >= 4 is 0 Å². The van der Waals surface area contributed by atoms with E-state index in [1.807, 2.05) is 0 Å². The molecule has 0 aromatic heterocycles. The molecule has 1 aliphatic heterocycles. The maximum absolute atomic E-state index is 8.93. The number of piperazine rings is 1. The van der Waals surface area contributed by atoms with Crippen molar-refractivity contribution in [2.24, 2.45) is 0 Å². The third-order valence-electron chi connectivity index (χ3n) is 2.48. The number of nitrogens with zero attached hydrogens (tertiary/aromatic N) is 2. The monoisotopic (exact) mass is 174 g/mol.